The highest BCUT2D eigenvalue weighted by Crippen LogP contribution is 2.34. The van der Waals surface area contributed by atoms with E-state index in [9.17, 15) is 9.90 Å². The molecule has 1 aromatic heterocycles. The Hall–Kier alpha value is -3.32. The SMILES string of the molecule is Cc1c(C(=O)N[C@H]2CCCC[C@H]2O)nc(-c2ccc(Cl)cc2Cl)n1-c1ccc(OCc2ccccc2)cc1. The van der Waals surface area contributed by atoms with Gasteiger partial charge in [-0.1, -0.05) is 66.4 Å². The fourth-order valence-corrected chi connectivity index (χ4v) is 5.33. The third kappa shape index (κ3) is 5.73. The second-order valence-electron chi connectivity index (χ2n) is 9.53. The normalized spacial score (nSPS) is 17.3. The topological polar surface area (TPSA) is 76.4 Å². The lowest BCUT2D eigenvalue weighted by atomic mass is 9.92. The van der Waals surface area contributed by atoms with E-state index in [0.717, 1.165) is 36.3 Å². The highest BCUT2D eigenvalue weighted by atomic mass is 35.5. The van der Waals surface area contributed by atoms with Gasteiger partial charge in [-0.05, 0) is 67.8 Å². The molecular weight excluding hydrogens is 521 g/mol. The maximum Gasteiger partial charge on any atom is 0.272 e. The molecule has 2 N–H and O–H groups in total. The van der Waals surface area contributed by atoms with Gasteiger partial charge in [-0.2, -0.15) is 0 Å². The number of rotatable bonds is 7. The van der Waals surface area contributed by atoms with Crippen molar-refractivity contribution in [3.05, 3.63) is 99.8 Å². The number of aliphatic hydroxyl groups excluding tert-OH is 1. The summed E-state index contributed by atoms with van der Waals surface area (Å²) in [6.45, 7) is 2.32. The third-order valence-electron chi connectivity index (χ3n) is 6.88. The molecular formula is C30H29Cl2N3O3. The first kappa shape index (κ1) is 26.3. The highest BCUT2D eigenvalue weighted by Gasteiger charge is 2.28. The van der Waals surface area contributed by atoms with E-state index < -0.39 is 6.10 Å². The fraction of sp³-hybridized carbons (Fsp3) is 0.267. The zero-order valence-corrected chi connectivity index (χ0v) is 22.5. The first-order valence-electron chi connectivity index (χ1n) is 12.7. The van der Waals surface area contributed by atoms with Crippen LogP contribution in [0.4, 0.5) is 0 Å². The Labute approximate surface area is 232 Å². The van der Waals surface area contributed by atoms with Gasteiger partial charge < -0.3 is 15.2 Å². The Morgan fingerprint density at radius 2 is 1.79 bits per heavy atom. The second kappa shape index (κ2) is 11.6. The highest BCUT2D eigenvalue weighted by molar-refractivity contribution is 6.36. The van der Waals surface area contributed by atoms with Gasteiger partial charge in [0.05, 0.1) is 22.9 Å². The van der Waals surface area contributed by atoms with Gasteiger partial charge in [-0.15, -0.1) is 0 Å². The molecule has 2 atom stereocenters. The molecule has 3 aromatic carbocycles. The van der Waals surface area contributed by atoms with Crippen LogP contribution < -0.4 is 10.1 Å². The predicted molar refractivity (Wildman–Crippen MR) is 150 cm³/mol. The van der Waals surface area contributed by atoms with Crippen LogP contribution in [0.1, 0.15) is 47.4 Å². The van der Waals surface area contributed by atoms with E-state index in [0.29, 0.717) is 40.2 Å². The Morgan fingerprint density at radius 1 is 1.05 bits per heavy atom. The number of ether oxygens (including phenoxy) is 1. The standard InChI is InChI=1S/C30H29Cl2N3O3/c1-19-28(30(37)33-26-9-5-6-10-27(26)36)34-29(24-16-11-21(31)17-25(24)32)35(19)22-12-14-23(15-13-22)38-18-20-7-3-2-4-8-20/h2-4,7-8,11-17,26-27,36H,5-6,9-10,18H2,1H3,(H,33,37)/t26-,27+/m0/s1. The lowest BCUT2D eigenvalue weighted by Crippen LogP contribution is -2.45. The first-order valence-corrected chi connectivity index (χ1v) is 13.5. The van der Waals surface area contributed by atoms with Gasteiger partial charge in [0, 0.05) is 16.3 Å². The van der Waals surface area contributed by atoms with Crippen molar-refractivity contribution in [2.45, 2.75) is 51.4 Å². The fourth-order valence-electron chi connectivity index (χ4n) is 4.83. The molecule has 1 saturated carbocycles. The van der Waals surface area contributed by atoms with Crippen molar-refractivity contribution in [3.63, 3.8) is 0 Å². The number of aliphatic hydroxyl groups is 1. The predicted octanol–water partition coefficient (Wildman–Crippen LogP) is 6.77. The molecule has 5 rings (SSSR count). The van der Waals surface area contributed by atoms with Crippen LogP contribution in [0.2, 0.25) is 10.0 Å². The quantitative estimate of drug-likeness (QED) is 0.266. The summed E-state index contributed by atoms with van der Waals surface area (Å²) in [6.07, 6.45) is 2.81. The number of imidazole rings is 1. The summed E-state index contributed by atoms with van der Waals surface area (Å²) in [4.78, 5) is 18.1. The summed E-state index contributed by atoms with van der Waals surface area (Å²) in [5, 5.41) is 14.3. The van der Waals surface area contributed by atoms with Gasteiger partial charge in [0.25, 0.3) is 5.91 Å². The van der Waals surface area contributed by atoms with E-state index in [1.165, 1.54) is 0 Å². The maximum absolute atomic E-state index is 13.3. The molecule has 38 heavy (non-hydrogen) atoms. The van der Waals surface area contributed by atoms with Crippen molar-refractivity contribution >= 4 is 29.1 Å². The van der Waals surface area contributed by atoms with Gasteiger partial charge in [-0.25, -0.2) is 4.98 Å². The van der Waals surface area contributed by atoms with Crippen LogP contribution in [0.3, 0.4) is 0 Å². The number of carbonyl (C=O) groups is 1. The molecule has 0 bridgehead atoms. The van der Waals surface area contributed by atoms with Crippen LogP contribution in [0.15, 0.2) is 72.8 Å². The number of aromatic nitrogens is 2. The minimum absolute atomic E-state index is 0.285. The number of carbonyl (C=O) groups excluding carboxylic acids is 1. The molecule has 1 amide bonds. The van der Waals surface area contributed by atoms with Gasteiger partial charge in [-0.3, -0.25) is 9.36 Å². The molecule has 1 fully saturated rings. The van der Waals surface area contributed by atoms with E-state index in [2.05, 4.69) is 5.32 Å². The molecule has 0 aliphatic heterocycles. The molecule has 196 valence electrons. The number of benzene rings is 3. The molecule has 0 spiro atoms. The zero-order valence-electron chi connectivity index (χ0n) is 21.0. The van der Waals surface area contributed by atoms with Crippen molar-refractivity contribution in [2.24, 2.45) is 0 Å². The smallest absolute Gasteiger partial charge is 0.272 e. The van der Waals surface area contributed by atoms with Gasteiger partial charge in [0.15, 0.2) is 0 Å². The maximum atomic E-state index is 13.3. The van der Waals surface area contributed by atoms with Gasteiger partial charge >= 0.3 is 0 Å². The van der Waals surface area contributed by atoms with Crippen LogP contribution >= 0.6 is 23.2 Å². The largest absolute Gasteiger partial charge is 0.489 e. The van der Waals surface area contributed by atoms with E-state index in [4.69, 9.17) is 32.9 Å². The number of hydrogen-bond donors (Lipinski definition) is 2. The summed E-state index contributed by atoms with van der Waals surface area (Å²) in [5.74, 6) is 0.934. The van der Waals surface area contributed by atoms with Crippen molar-refractivity contribution < 1.29 is 14.6 Å². The van der Waals surface area contributed by atoms with E-state index in [1.807, 2.05) is 66.1 Å². The van der Waals surface area contributed by atoms with E-state index in [-0.39, 0.29) is 17.6 Å². The molecule has 8 heteroatoms. The lowest BCUT2D eigenvalue weighted by molar-refractivity contribution is 0.0713. The Bertz CT molecular complexity index is 1420. The number of hydrogen-bond acceptors (Lipinski definition) is 4. The minimum Gasteiger partial charge on any atom is -0.489 e. The summed E-state index contributed by atoms with van der Waals surface area (Å²) in [5.41, 5.74) is 3.49. The van der Waals surface area contributed by atoms with E-state index in [1.54, 1.807) is 18.2 Å². The molecule has 1 heterocycles. The molecule has 6 nitrogen and oxygen atoms in total. The molecule has 4 aromatic rings. The summed E-state index contributed by atoms with van der Waals surface area (Å²) in [6, 6.07) is 22.5. The van der Waals surface area contributed by atoms with Crippen molar-refractivity contribution in [1.82, 2.24) is 14.9 Å². The van der Waals surface area contributed by atoms with E-state index >= 15 is 0 Å². The third-order valence-corrected chi connectivity index (χ3v) is 7.43. The number of halogens is 2. The van der Waals surface area contributed by atoms with Gasteiger partial charge in [0.2, 0.25) is 0 Å². The monoisotopic (exact) mass is 549 g/mol. The van der Waals surface area contributed by atoms with Crippen LogP contribution in [-0.2, 0) is 6.61 Å². The molecule has 1 aliphatic rings. The van der Waals surface area contributed by atoms with Gasteiger partial charge in [0.1, 0.15) is 23.9 Å². The number of nitrogens with one attached hydrogen (secondary N) is 1. The summed E-state index contributed by atoms with van der Waals surface area (Å²) < 4.78 is 7.85. The Morgan fingerprint density at radius 3 is 2.50 bits per heavy atom. The molecule has 0 radical (unpaired) electrons. The van der Waals surface area contributed by atoms with Crippen molar-refractivity contribution in [1.29, 1.82) is 0 Å². The van der Waals surface area contributed by atoms with Crippen LogP contribution in [0.25, 0.3) is 17.1 Å². The lowest BCUT2D eigenvalue weighted by Gasteiger charge is -2.28. The van der Waals surface area contributed by atoms with Crippen LogP contribution in [0, 0.1) is 6.92 Å². The number of amides is 1. The number of nitrogens with zero attached hydrogens (tertiary/aromatic N) is 2. The molecule has 0 saturated heterocycles. The first-order chi connectivity index (χ1) is 18.4. The average Bonchev–Trinajstić information content (AvgIpc) is 3.26. The molecule has 1 aliphatic carbocycles. The van der Waals surface area contributed by atoms with Crippen molar-refractivity contribution in [2.75, 3.05) is 0 Å². The Kier molecular flexibility index (Phi) is 8.03. The zero-order chi connectivity index (χ0) is 26.6. The van der Waals surface area contributed by atoms with Crippen LogP contribution in [-0.4, -0.2) is 32.7 Å². The average molecular weight is 550 g/mol. The minimum atomic E-state index is -0.552. The molecule has 0 unspecified atom stereocenters. The summed E-state index contributed by atoms with van der Waals surface area (Å²) in [7, 11) is 0. The van der Waals surface area contributed by atoms with Crippen molar-refractivity contribution in [3.8, 4) is 22.8 Å². The summed E-state index contributed by atoms with van der Waals surface area (Å²) >= 11 is 12.7. The Balaban J connectivity index is 1.48. The second-order valence-corrected chi connectivity index (χ2v) is 10.4. The van der Waals surface area contributed by atoms with Crippen LogP contribution in [0.5, 0.6) is 5.75 Å².